The van der Waals surface area contributed by atoms with Crippen LogP contribution >= 0.6 is 34.7 Å². The number of hydrogen-bond donors (Lipinski definition) is 1. The number of benzene rings is 1. The number of carbonyl (C=O) groups excluding carboxylic acids is 2. The normalized spacial score (nSPS) is 11.7. The Labute approximate surface area is 224 Å². The number of nitrogens with one attached hydrogen (secondary N) is 1. The van der Waals surface area contributed by atoms with E-state index in [4.69, 9.17) is 21.1 Å². The molecule has 0 radical (unpaired) electrons. The fraction of sp³-hybridized carbons (Fsp3) is 0.360. The molecule has 1 amide bonds. The first-order valence-electron chi connectivity index (χ1n) is 11.5. The summed E-state index contributed by atoms with van der Waals surface area (Å²) in [4.78, 5) is 26.0. The van der Waals surface area contributed by atoms with Crippen LogP contribution in [-0.2, 0) is 22.5 Å². The molecule has 1 aromatic carbocycles. The molecule has 11 heteroatoms. The number of hydrogen-bond acceptors (Lipinski definition) is 8. The Hall–Kier alpha value is -2.82. The van der Waals surface area contributed by atoms with E-state index in [1.807, 2.05) is 37.5 Å². The topological polar surface area (TPSA) is 95.3 Å². The van der Waals surface area contributed by atoms with Gasteiger partial charge in [0.05, 0.1) is 17.9 Å². The molecule has 8 nitrogen and oxygen atoms in total. The van der Waals surface area contributed by atoms with Crippen molar-refractivity contribution in [1.82, 2.24) is 14.8 Å². The number of aryl methyl sites for hydroxylation is 2. The minimum absolute atomic E-state index is 0.0857. The van der Waals surface area contributed by atoms with Crippen LogP contribution in [0.4, 0.5) is 5.00 Å². The number of allylic oxidation sites excluding steroid dienone is 1. The average molecular weight is 549 g/mol. The van der Waals surface area contributed by atoms with Crippen LogP contribution in [0.1, 0.15) is 53.5 Å². The van der Waals surface area contributed by atoms with Crippen LogP contribution < -0.4 is 10.1 Å². The molecule has 0 spiro atoms. The SMILES string of the molecule is C=CCn1c(SCC(=O)Nc2sc(CC)cc2C(=O)OCC)nnc1C(C)Oc1ccc(Cl)cc1C. The van der Waals surface area contributed by atoms with Gasteiger partial charge >= 0.3 is 5.97 Å². The number of carbonyl (C=O) groups is 2. The maximum atomic E-state index is 12.7. The highest BCUT2D eigenvalue weighted by Crippen LogP contribution is 2.31. The molecule has 36 heavy (non-hydrogen) atoms. The lowest BCUT2D eigenvalue weighted by molar-refractivity contribution is -0.113. The molecule has 2 aromatic heterocycles. The Kier molecular flexibility index (Phi) is 9.98. The van der Waals surface area contributed by atoms with Crippen LogP contribution in [0.3, 0.4) is 0 Å². The summed E-state index contributed by atoms with van der Waals surface area (Å²) in [6, 6.07) is 7.20. The second kappa shape index (κ2) is 12.9. The number of anilines is 1. The van der Waals surface area contributed by atoms with Gasteiger partial charge in [-0.15, -0.1) is 28.1 Å². The van der Waals surface area contributed by atoms with Crippen molar-refractivity contribution >= 4 is 51.6 Å². The van der Waals surface area contributed by atoms with Gasteiger partial charge in [-0.2, -0.15) is 0 Å². The van der Waals surface area contributed by atoms with Crippen LogP contribution in [0.25, 0.3) is 0 Å². The highest BCUT2D eigenvalue weighted by atomic mass is 35.5. The van der Waals surface area contributed by atoms with E-state index in [0.717, 1.165) is 16.9 Å². The Morgan fingerprint density at radius 3 is 2.75 bits per heavy atom. The molecule has 0 aliphatic carbocycles. The molecule has 1 unspecified atom stereocenters. The molecule has 0 bridgehead atoms. The lowest BCUT2D eigenvalue weighted by Crippen LogP contribution is -2.17. The maximum Gasteiger partial charge on any atom is 0.341 e. The number of esters is 1. The van der Waals surface area contributed by atoms with Crippen LogP contribution in [0.2, 0.25) is 5.02 Å². The predicted octanol–water partition coefficient (Wildman–Crippen LogP) is 6.10. The first-order chi connectivity index (χ1) is 17.3. The Morgan fingerprint density at radius 2 is 2.08 bits per heavy atom. The molecule has 0 saturated heterocycles. The Bertz CT molecular complexity index is 1240. The molecule has 1 atom stereocenters. The van der Waals surface area contributed by atoms with E-state index in [0.29, 0.717) is 38.9 Å². The summed E-state index contributed by atoms with van der Waals surface area (Å²) in [6.45, 7) is 12.1. The molecular formula is C25H29ClN4O4S2. The first-order valence-corrected chi connectivity index (χ1v) is 13.6. The summed E-state index contributed by atoms with van der Waals surface area (Å²) in [5.74, 6) is 0.696. The Balaban J connectivity index is 1.70. The number of ether oxygens (including phenoxy) is 2. The summed E-state index contributed by atoms with van der Waals surface area (Å²) in [5.41, 5.74) is 1.29. The number of halogens is 1. The molecule has 0 aliphatic rings. The summed E-state index contributed by atoms with van der Waals surface area (Å²) in [7, 11) is 0. The molecule has 1 N–H and O–H groups in total. The Morgan fingerprint density at radius 1 is 1.31 bits per heavy atom. The molecular weight excluding hydrogens is 520 g/mol. The minimum Gasteiger partial charge on any atom is -0.482 e. The van der Waals surface area contributed by atoms with E-state index in [2.05, 4.69) is 22.1 Å². The van der Waals surface area contributed by atoms with Crippen LogP contribution in [-0.4, -0.2) is 39.0 Å². The van der Waals surface area contributed by atoms with Crippen LogP contribution in [0.15, 0.2) is 42.1 Å². The number of rotatable bonds is 12. The van der Waals surface area contributed by atoms with Gasteiger partial charge in [0.1, 0.15) is 10.8 Å². The van der Waals surface area contributed by atoms with Gasteiger partial charge < -0.3 is 14.8 Å². The number of nitrogens with zero attached hydrogens (tertiary/aromatic N) is 3. The van der Waals surface area contributed by atoms with Crippen molar-refractivity contribution in [1.29, 1.82) is 0 Å². The van der Waals surface area contributed by atoms with E-state index in [1.165, 1.54) is 23.1 Å². The van der Waals surface area contributed by atoms with Gasteiger partial charge in [0, 0.05) is 16.4 Å². The van der Waals surface area contributed by atoms with Crippen molar-refractivity contribution in [3.8, 4) is 5.75 Å². The van der Waals surface area contributed by atoms with Crippen molar-refractivity contribution in [2.24, 2.45) is 0 Å². The van der Waals surface area contributed by atoms with Gasteiger partial charge in [0.2, 0.25) is 5.91 Å². The number of aromatic nitrogens is 3. The number of thioether (sulfide) groups is 1. The van der Waals surface area contributed by atoms with Gasteiger partial charge in [0.15, 0.2) is 17.1 Å². The third-order valence-corrected chi connectivity index (χ3v) is 7.47. The quantitative estimate of drug-likeness (QED) is 0.166. The van der Waals surface area contributed by atoms with Crippen molar-refractivity contribution in [2.75, 3.05) is 17.7 Å². The van der Waals surface area contributed by atoms with Crippen molar-refractivity contribution < 1.29 is 19.1 Å². The van der Waals surface area contributed by atoms with E-state index in [1.54, 1.807) is 25.1 Å². The highest BCUT2D eigenvalue weighted by Gasteiger charge is 2.22. The molecule has 0 saturated carbocycles. The predicted molar refractivity (Wildman–Crippen MR) is 144 cm³/mol. The smallest absolute Gasteiger partial charge is 0.341 e. The third-order valence-electron chi connectivity index (χ3n) is 5.07. The molecule has 0 fully saturated rings. The van der Waals surface area contributed by atoms with E-state index in [9.17, 15) is 9.59 Å². The number of amides is 1. The fourth-order valence-electron chi connectivity index (χ4n) is 3.36. The number of thiophene rings is 1. The fourth-order valence-corrected chi connectivity index (χ4v) is 5.34. The third kappa shape index (κ3) is 6.89. The van der Waals surface area contributed by atoms with Gasteiger partial charge in [-0.3, -0.25) is 9.36 Å². The molecule has 3 aromatic rings. The van der Waals surface area contributed by atoms with Gasteiger partial charge in [-0.1, -0.05) is 36.4 Å². The standard InChI is InChI=1S/C25H29ClN4O4S2/c1-6-11-30-22(16(5)34-20-10-9-17(26)12-15(20)4)28-29-25(30)35-14-21(31)27-23-19(24(32)33-8-3)13-18(7-2)36-23/h6,9-10,12-13,16H,1,7-8,11,14H2,2-5H3,(H,27,31). The summed E-state index contributed by atoms with van der Waals surface area (Å²) in [6.07, 6.45) is 2.09. The van der Waals surface area contributed by atoms with E-state index in [-0.39, 0.29) is 18.3 Å². The zero-order chi connectivity index (χ0) is 26.2. The summed E-state index contributed by atoms with van der Waals surface area (Å²) in [5, 5.41) is 13.1. The van der Waals surface area contributed by atoms with Crippen LogP contribution in [0.5, 0.6) is 5.75 Å². The van der Waals surface area contributed by atoms with Crippen molar-refractivity contribution in [3.05, 3.63) is 63.8 Å². The molecule has 3 rings (SSSR count). The monoisotopic (exact) mass is 548 g/mol. The van der Waals surface area contributed by atoms with Crippen LogP contribution in [0, 0.1) is 6.92 Å². The van der Waals surface area contributed by atoms with Gasteiger partial charge in [-0.25, -0.2) is 4.79 Å². The second-order valence-electron chi connectivity index (χ2n) is 7.78. The van der Waals surface area contributed by atoms with Gasteiger partial charge in [-0.05, 0) is 57.0 Å². The highest BCUT2D eigenvalue weighted by molar-refractivity contribution is 7.99. The summed E-state index contributed by atoms with van der Waals surface area (Å²) < 4.78 is 13.1. The van der Waals surface area contributed by atoms with E-state index >= 15 is 0 Å². The first kappa shape index (κ1) is 27.8. The van der Waals surface area contributed by atoms with E-state index < -0.39 is 12.1 Å². The maximum absolute atomic E-state index is 12.7. The summed E-state index contributed by atoms with van der Waals surface area (Å²) >= 11 is 8.67. The van der Waals surface area contributed by atoms with Crippen molar-refractivity contribution in [2.45, 2.75) is 51.9 Å². The zero-order valence-corrected chi connectivity index (χ0v) is 23.1. The van der Waals surface area contributed by atoms with Crippen molar-refractivity contribution in [3.63, 3.8) is 0 Å². The van der Waals surface area contributed by atoms with Gasteiger partial charge in [0.25, 0.3) is 0 Å². The molecule has 192 valence electrons. The molecule has 2 heterocycles. The zero-order valence-electron chi connectivity index (χ0n) is 20.7. The lowest BCUT2D eigenvalue weighted by atomic mass is 10.2. The average Bonchev–Trinajstić information content (AvgIpc) is 3.44. The second-order valence-corrected chi connectivity index (χ2v) is 10.3. The largest absolute Gasteiger partial charge is 0.482 e. The molecule has 0 aliphatic heterocycles. The minimum atomic E-state index is -0.448. The lowest BCUT2D eigenvalue weighted by Gasteiger charge is -2.17.